The molecule has 5 heteroatoms. The van der Waals surface area contributed by atoms with Crippen LogP contribution in [0.2, 0.25) is 0 Å². The number of benzene rings is 2. The maximum atomic E-state index is 12.9. The highest BCUT2D eigenvalue weighted by Crippen LogP contribution is 2.32. The summed E-state index contributed by atoms with van der Waals surface area (Å²) in [5.74, 6) is -0.0686. The minimum atomic E-state index is -0.976. The summed E-state index contributed by atoms with van der Waals surface area (Å²) < 4.78 is 1.72. The van der Waals surface area contributed by atoms with Gasteiger partial charge in [-0.05, 0) is 36.2 Å². The highest BCUT2D eigenvalue weighted by atomic mass is 16.3. The summed E-state index contributed by atoms with van der Waals surface area (Å²) in [5, 5.41) is 15.1. The molecule has 0 spiro atoms. The number of β-amino-alcohol motifs (C(OH)–C–C–N with tert-alkyl or cyclic N) is 1. The molecule has 0 unspecified atom stereocenters. The van der Waals surface area contributed by atoms with E-state index in [1.807, 2.05) is 60.8 Å². The summed E-state index contributed by atoms with van der Waals surface area (Å²) in [6, 6.07) is 18.8. The second-order valence-electron chi connectivity index (χ2n) is 6.38. The lowest BCUT2D eigenvalue weighted by atomic mass is 9.93. The standard InChI is InChI=1S/C20H19N3O2/c24-19(16-6-4-9-18(14-16)23-12-5-11-21-23)22-13-10-20(25,15-22)17-7-2-1-3-8-17/h1-9,11-12,14,25H,10,13,15H2/t20-/m1/s1. The number of carbonyl (C=O) groups excluding carboxylic acids is 1. The topological polar surface area (TPSA) is 58.4 Å². The largest absolute Gasteiger partial charge is 0.383 e. The number of aromatic nitrogens is 2. The Labute approximate surface area is 146 Å². The number of likely N-dealkylation sites (tertiary alicyclic amines) is 1. The van der Waals surface area contributed by atoms with Gasteiger partial charge in [-0.3, -0.25) is 4.79 Å². The number of nitrogens with zero attached hydrogens (tertiary/aromatic N) is 3. The van der Waals surface area contributed by atoms with Crippen LogP contribution in [-0.2, 0) is 5.60 Å². The first-order valence-electron chi connectivity index (χ1n) is 8.33. The zero-order valence-electron chi connectivity index (χ0n) is 13.7. The molecule has 1 aliphatic rings. The van der Waals surface area contributed by atoms with Crippen molar-refractivity contribution in [2.24, 2.45) is 0 Å². The van der Waals surface area contributed by atoms with Crippen molar-refractivity contribution in [3.63, 3.8) is 0 Å². The predicted octanol–water partition coefficient (Wildman–Crippen LogP) is 2.61. The molecule has 1 saturated heterocycles. The molecule has 2 heterocycles. The van der Waals surface area contributed by atoms with Gasteiger partial charge >= 0.3 is 0 Å². The molecule has 1 aliphatic heterocycles. The molecule has 25 heavy (non-hydrogen) atoms. The van der Waals surface area contributed by atoms with E-state index >= 15 is 0 Å². The molecule has 1 amide bonds. The van der Waals surface area contributed by atoms with Crippen LogP contribution in [0.25, 0.3) is 5.69 Å². The molecule has 2 aromatic carbocycles. The van der Waals surface area contributed by atoms with Crippen LogP contribution in [0.3, 0.4) is 0 Å². The van der Waals surface area contributed by atoms with Crippen molar-refractivity contribution in [3.05, 3.63) is 84.2 Å². The third kappa shape index (κ3) is 2.94. The molecule has 4 rings (SSSR count). The second-order valence-corrected chi connectivity index (χ2v) is 6.38. The van der Waals surface area contributed by atoms with Crippen LogP contribution >= 0.6 is 0 Å². The third-order valence-corrected chi connectivity index (χ3v) is 4.71. The molecule has 3 aromatic rings. The van der Waals surface area contributed by atoms with Gasteiger partial charge in [-0.15, -0.1) is 0 Å². The fraction of sp³-hybridized carbons (Fsp3) is 0.200. The first-order chi connectivity index (χ1) is 12.2. The van der Waals surface area contributed by atoms with Gasteiger partial charge in [-0.1, -0.05) is 36.4 Å². The monoisotopic (exact) mass is 333 g/mol. The van der Waals surface area contributed by atoms with E-state index in [2.05, 4.69) is 5.10 Å². The molecule has 126 valence electrons. The number of amides is 1. The van der Waals surface area contributed by atoms with Crippen molar-refractivity contribution in [3.8, 4) is 5.69 Å². The molecule has 5 nitrogen and oxygen atoms in total. The maximum absolute atomic E-state index is 12.9. The summed E-state index contributed by atoms with van der Waals surface area (Å²) in [6.45, 7) is 0.845. The molecular weight excluding hydrogens is 314 g/mol. The highest BCUT2D eigenvalue weighted by molar-refractivity contribution is 5.95. The van der Waals surface area contributed by atoms with Crippen molar-refractivity contribution >= 4 is 5.91 Å². The minimum absolute atomic E-state index is 0.0686. The van der Waals surface area contributed by atoms with Gasteiger partial charge in [0.25, 0.3) is 5.91 Å². The van der Waals surface area contributed by atoms with Crippen LogP contribution in [0.15, 0.2) is 73.1 Å². The Bertz CT molecular complexity index is 877. The first kappa shape index (κ1) is 15.6. The van der Waals surface area contributed by atoms with Crippen LogP contribution in [0.1, 0.15) is 22.3 Å². The average Bonchev–Trinajstić information content (AvgIpc) is 3.33. The molecule has 1 aromatic heterocycles. The van der Waals surface area contributed by atoms with E-state index < -0.39 is 5.60 Å². The van der Waals surface area contributed by atoms with E-state index in [0.29, 0.717) is 25.1 Å². The number of aliphatic hydroxyl groups is 1. The second kappa shape index (κ2) is 6.18. The average molecular weight is 333 g/mol. The fourth-order valence-electron chi connectivity index (χ4n) is 3.34. The summed E-state index contributed by atoms with van der Waals surface area (Å²) in [4.78, 5) is 14.6. The molecule has 0 radical (unpaired) electrons. The van der Waals surface area contributed by atoms with Gasteiger partial charge in [0, 0.05) is 24.5 Å². The van der Waals surface area contributed by atoms with Crippen molar-refractivity contribution in [2.45, 2.75) is 12.0 Å². The molecule has 1 N–H and O–H groups in total. The van der Waals surface area contributed by atoms with Crippen molar-refractivity contribution < 1.29 is 9.90 Å². The van der Waals surface area contributed by atoms with Gasteiger partial charge in [0.05, 0.1) is 12.2 Å². The normalized spacial score (nSPS) is 20.0. The Kier molecular flexibility index (Phi) is 3.86. The van der Waals surface area contributed by atoms with Gasteiger partial charge in [-0.2, -0.15) is 5.10 Å². The molecule has 1 atom stereocenters. The third-order valence-electron chi connectivity index (χ3n) is 4.71. The summed E-state index contributed by atoms with van der Waals surface area (Å²) in [6.07, 6.45) is 4.09. The predicted molar refractivity (Wildman–Crippen MR) is 94.4 cm³/mol. The van der Waals surface area contributed by atoms with Gasteiger partial charge in [0.1, 0.15) is 5.60 Å². The van der Waals surface area contributed by atoms with E-state index in [1.54, 1.807) is 21.8 Å². The summed E-state index contributed by atoms with van der Waals surface area (Å²) in [7, 11) is 0. The molecular formula is C20H19N3O2. The van der Waals surface area contributed by atoms with Crippen LogP contribution in [0.5, 0.6) is 0 Å². The van der Waals surface area contributed by atoms with Crippen molar-refractivity contribution in [1.82, 2.24) is 14.7 Å². The number of hydrogen-bond donors (Lipinski definition) is 1. The van der Waals surface area contributed by atoms with E-state index in [9.17, 15) is 9.90 Å². The molecule has 0 saturated carbocycles. The van der Waals surface area contributed by atoms with Crippen molar-refractivity contribution in [2.75, 3.05) is 13.1 Å². The Balaban J connectivity index is 1.56. The highest BCUT2D eigenvalue weighted by Gasteiger charge is 2.39. The lowest BCUT2D eigenvalue weighted by molar-refractivity contribution is 0.0417. The lowest BCUT2D eigenvalue weighted by Gasteiger charge is -2.24. The van der Waals surface area contributed by atoms with E-state index in [1.165, 1.54) is 0 Å². The molecule has 0 bridgehead atoms. The quantitative estimate of drug-likeness (QED) is 0.801. The molecule has 1 fully saturated rings. The fourth-order valence-corrected chi connectivity index (χ4v) is 3.34. The number of carbonyl (C=O) groups is 1. The van der Waals surface area contributed by atoms with E-state index in [-0.39, 0.29) is 5.91 Å². The Hall–Kier alpha value is -2.92. The maximum Gasteiger partial charge on any atom is 0.254 e. The smallest absolute Gasteiger partial charge is 0.254 e. The van der Waals surface area contributed by atoms with Gasteiger partial charge in [-0.25, -0.2) is 4.68 Å². The van der Waals surface area contributed by atoms with Crippen LogP contribution in [0.4, 0.5) is 0 Å². The zero-order valence-corrected chi connectivity index (χ0v) is 13.7. The Morgan fingerprint density at radius 2 is 1.92 bits per heavy atom. The number of rotatable bonds is 3. The van der Waals surface area contributed by atoms with Gasteiger partial charge < -0.3 is 10.0 Å². The lowest BCUT2D eigenvalue weighted by Crippen LogP contribution is -2.34. The van der Waals surface area contributed by atoms with Crippen LogP contribution in [-0.4, -0.2) is 38.8 Å². The Morgan fingerprint density at radius 1 is 1.08 bits per heavy atom. The van der Waals surface area contributed by atoms with Crippen LogP contribution in [0, 0.1) is 0 Å². The van der Waals surface area contributed by atoms with Gasteiger partial charge in [0.15, 0.2) is 0 Å². The summed E-state index contributed by atoms with van der Waals surface area (Å²) >= 11 is 0. The zero-order chi connectivity index (χ0) is 17.3. The van der Waals surface area contributed by atoms with Crippen LogP contribution < -0.4 is 0 Å². The van der Waals surface area contributed by atoms with E-state index in [4.69, 9.17) is 0 Å². The first-order valence-corrected chi connectivity index (χ1v) is 8.33. The van der Waals surface area contributed by atoms with Gasteiger partial charge in [0.2, 0.25) is 0 Å². The van der Waals surface area contributed by atoms with Crippen molar-refractivity contribution in [1.29, 1.82) is 0 Å². The summed E-state index contributed by atoms with van der Waals surface area (Å²) in [5.41, 5.74) is 1.32. The SMILES string of the molecule is O=C(c1cccc(-n2cccn2)c1)N1CC[C@](O)(c2ccccc2)C1. The number of hydrogen-bond acceptors (Lipinski definition) is 3. The minimum Gasteiger partial charge on any atom is -0.383 e. The Morgan fingerprint density at radius 3 is 2.68 bits per heavy atom. The molecule has 0 aliphatic carbocycles. The van der Waals surface area contributed by atoms with E-state index in [0.717, 1.165) is 11.3 Å².